The van der Waals surface area contributed by atoms with Crippen LogP contribution in [0.15, 0.2) is 48.5 Å². The number of carbonyl (C=O) groups is 1. The molecule has 3 aromatic rings. The number of rotatable bonds is 5. The number of aromatic hydroxyl groups is 1. The van der Waals surface area contributed by atoms with Crippen molar-refractivity contribution in [2.24, 2.45) is 11.8 Å². The van der Waals surface area contributed by atoms with Gasteiger partial charge in [-0.15, -0.1) is 0 Å². The van der Waals surface area contributed by atoms with Crippen molar-refractivity contribution in [2.45, 2.75) is 12.0 Å². The van der Waals surface area contributed by atoms with Crippen LogP contribution >= 0.6 is 0 Å². The molecule has 4 atom stereocenters. The van der Waals surface area contributed by atoms with Crippen LogP contribution in [0.25, 0.3) is 0 Å². The van der Waals surface area contributed by atoms with E-state index < -0.39 is 11.8 Å². The lowest BCUT2D eigenvalue weighted by molar-refractivity contribution is -0.141. The van der Waals surface area contributed by atoms with Gasteiger partial charge in [0.15, 0.2) is 23.0 Å². The Labute approximate surface area is 206 Å². The van der Waals surface area contributed by atoms with Crippen LogP contribution < -0.4 is 24.3 Å². The first-order valence-electron chi connectivity index (χ1n) is 11.6. The molecule has 0 spiro atoms. The summed E-state index contributed by atoms with van der Waals surface area (Å²) < 4.78 is 41.3. The fourth-order valence-corrected chi connectivity index (χ4v) is 5.57. The molecular weight excluding hydrogens is 469 g/mol. The molecule has 0 amide bonds. The van der Waals surface area contributed by atoms with Gasteiger partial charge >= 0.3 is 5.97 Å². The minimum absolute atomic E-state index is 0.106. The van der Waals surface area contributed by atoms with Crippen molar-refractivity contribution in [1.82, 2.24) is 0 Å². The Kier molecular flexibility index (Phi) is 5.28. The van der Waals surface area contributed by atoms with E-state index in [0.29, 0.717) is 11.5 Å². The quantitative estimate of drug-likeness (QED) is 0.506. The van der Waals surface area contributed by atoms with Crippen molar-refractivity contribution >= 4 is 11.7 Å². The third-order valence-corrected chi connectivity index (χ3v) is 7.21. The number of anilines is 1. The number of carbonyl (C=O) groups excluding carboxylic acids is 1. The van der Waals surface area contributed by atoms with Crippen LogP contribution in [0, 0.1) is 17.7 Å². The van der Waals surface area contributed by atoms with E-state index in [-0.39, 0.29) is 54.4 Å². The summed E-state index contributed by atoms with van der Waals surface area (Å²) in [5, 5.41) is 14.0. The second-order valence-electron chi connectivity index (χ2n) is 9.03. The standard InChI is InChI=1S/C27H24FNO7/c1-32-21-7-13(8-22(33-2)26(21)30)23-16-9-19-20(36-12-35-19)10-17(16)25(18-11-34-27(31)24(18)23)29-15-5-3-14(28)4-6-15/h3-10,18,23-25,29-30H,11-12H2,1-2H3/t18-,23+,24-,25-/m0/s1. The number of fused-ring (bicyclic) bond motifs is 3. The molecule has 9 heteroatoms. The number of hydrogen-bond donors (Lipinski definition) is 2. The molecule has 0 aromatic heterocycles. The fourth-order valence-electron chi connectivity index (χ4n) is 5.57. The van der Waals surface area contributed by atoms with E-state index in [1.807, 2.05) is 12.1 Å². The average Bonchev–Trinajstić information content (AvgIpc) is 3.51. The van der Waals surface area contributed by atoms with E-state index in [1.54, 1.807) is 24.3 Å². The number of benzene rings is 3. The van der Waals surface area contributed by atoms with Gasteiger partial charge in [-0.3, -0.25) is 4.79 Å². The zero-order valence-corrected chi connectivity index (χ0v) is 19.6. The number of phenols is 1. The van der Waals surface area contributed by atoms with Crippen LogP contribution in [0.2, 0.25) is 0 Å². The second-order valence-corrected chi connectivity index (χ2v) is 9.03. The van der Waals surface area contributed by atoms with Gasteiger partial charge in [0.1, 0.15) is 5.82 Å². The summed E-state index contributed by atoms with van der Waals surface area (Å²) in [5.41, 5.74) is 3.22. The summed E-state index contributed by atoms with van der Waals surface area (Å²) in [7, 11) is 2.92. The third-order valence-electron chi connectivity index (χ3n) is 7.21. The smallest absolute Gasteiger partial charge is 0.310 e. The number of methoxy groups -OCH3 is 2. The Bertz CT molecular complexity index is 1320. The Hall–Kier alpha value is -4.14. The van der Waals surface area contributed by atoms with Gasteiger partial charge < -0.3 is 34.1 Å². The third kappa shape index (κ3) is 3.45. The molecule has 1 saturated heterocycles. The molecule has 2 N–H and O–H groups in total. The maximum Gasteiger partial charge on any atom is 0.310 e. The second kappa shape index (κ2) is 8.51. The summed E-state index contributed by atoms with van der Waals surface area (Å²) >= 11 is 0. The van der Waals surface area contributed by atoms with Gasteiger partial charge in [-0.1, -0.05) is 0 Å². The molecule has 3 aromatic carbocycles. The van der Waals surface area contributed by atoms with Gasteiger partial charge in [-0.05, 0) is 65.2 Å². The molecule has 8 nitrogen and oxygen atoms in total. The van der Waals surface area contributed by atoms with Crippen LogP contribution in [0.1, 0.15) is 28.7 Å². The number of esters is 1. The summed E-state index contributed by atoms with van der Waals surface area (Å²) in [4.78, 5) is 13.2. The highest BCUT2D eigenvalue weighted by Crippen LogP contribution is 2.56. The van der Waals surface area contributed by atoms with E-state index in [4.69, 9.17) is 23.7 Å². The van der Waals surface area contributed by atoms with Crippen molar-refractivity contribution in [3.8, 4) is 28.7 Å². The Morgan fingerprint density at radius 2 is 1.58 bits per heavy atom. The van der Waals surface area contributed by atoms with Gasteiger partial charge in [0.25, 0.3) is 0 Å². The molecule has 0 saturated carbocycles. The van der Waals surface area contributed by atoms with Crippen molar-refractivity contribution < 1.29 is 38.0 Å². The lowest BCUT2D eigenvalue weighted by atomic mass is 9.65. The van der Waals surface area contributed by atoms with E-state index in [0.717, 1.165) is 22.4 Å². The lowest BCUT2D eigenvalue weighted by Gasteiger charge is -2.40. The van der Waals surface area contributed by atoms with Gasteiger partial charge in [0.05, 0.1) is 32.8 Å². The molecule has 36 heavy (non-hydrogen) atoms. The number of cyclic esters (lactones) is 1. The Morgan fingerprint density at radius 1 is 0.944 bits per heavy atom. The topological polar surface area (TPSA) is 95.5 Å². The van der Waals surface area contributed by atoms with Crippen LogP contribution in [-0.2, 0) is 9.53 Å². The van der Waals surface area contributed by atoms with Crippen molar-refractivity contribution in [2.75, 3.05) is 32.9 Å². The molecule has 2 aliphatic heterocycles. The lowest BCUT2D eigenvalue weighted by Crippen LogP contribution is -2.37. The summed E-state index contributed by atoms with van der Waals surface area (Å²) in [6.07, 6.45) is 0. The molecule has 186 valence electrons. The highest BCUT2D eigenvalue weighted by molar-refractivity contribution is 5.79. The first kappa shape index (κ1) is 22.3. The Balaban J connectivity index is 1.55. The predicted molar refractivity (Wildman–Crippen MR) is 126 cm³/mol. The van der Waals surface area contributed by atoms with E-state index in [2.05, 4.69) is 5.32 Å². The number of nitrogens with one attached hydrogen (secondary N) is 1. The maximum absolute atomic E-state index is 13.6. The number of phenolic OH excluding ortho intramolecular Hbond substituents is 1. The first-order valence-corrected chi connectivity index (χ1v) is 11.6. The predicted octanol–water partition coefficient (Wildman–Crippen LogP) is 4.37. The van der Waals surface area contributed by atoms with Crippen molar-refractivity contribution in [1.29, 1.82) is 0 Å². The number of ether oxygens (including phenoxy) is 5. The van der Waals surface area contributed by atoms with Crippen LogP contribution in [0.4, 0.5) is 10.1 Å². The summed E-state index contributed by atoms with van der Waals surface area (Å²) in [5.74, 6) is -0.283. The van der Waals surface area contributed by atoms with Crippen molar-refractivity contribution in [3.63, 3.8) is 0 Å². The van der Waals surface area contributed by atoms with Crippen molar-refractivity contribution in [3.05, 3.63) is 71.0 Å². The normalized spacial score (nSPS) is 23.5. The minimum Gasteiger partial charge on any atom is -0.502 e. The molecule has 1 aliphatic carbocycles. The highest BCUT2D eigenvalue weighted by Gasteiger charge is 2.52. The molecular formula is C27H24FNO7. The summed E-state index contributed by atoms with van der Waals surface area (Å²) in [6.45, 7) is 0.327. The largest absolute Gasteiger partial charge is 0.502 e. The molecule has 1 fully saturated rings. The monoisotopic (exact) mass is 493 g/mol. The molecule has 0 radical (unpaired) electrons. The van der Waals surface area contributed by atoms with Gasteiger partial charge in [0.2, 0.25) is 12.5 Å². The molecule has 3 aliphatic rings. The van der Waals surface area contributed by atoms with Gasteiger partial charge in [0, 0.05) is 17.5 Å². The number of hydrogen-bond acceptors (Lipinski definition) is 8. The van der Waals surface area contributed by atoms with E-state index in [9.17, 15) is 14.3 Å². The minimum atomic E-state index is -0.533. The Morgan fingerprint density at radius 3 is 2.22 bits per heavy atom. The van der Waals surface area contributed by atoms with E-state index in [1.165, 1.54) is 26.4 Å². The zero-order chi connectivity index (χ0) is 25.0. The SMILES string of the molecule is COc1cc([C@@H]2c3cc4c(cc3[C@H](Nc3ccc(F)cc3)[C@H]3COC(=O)[C@H]23)OCO4)cc(OC)c1O. The van der Waals surface area contributed by atoms with Gasteiger partial charge in [-0.2, -0.15) is 0 Å². The maximum atomic E-state index is 13.6. The molecule has 0 unspecified atom stereocenters. The highest BCUT2D eigenvalue weighted by atomic mass is 19.1. The average molecular weight is 493 g/mol. The fraction of sp³-hybridized carbons (Fsp3) is 0.296. The summed E-state index contributed by atoms with van der Waals surface area (Å²) in [6, 6.07) is 13.0. The van der Waals surface area contributed by atoms with Gasteiger partial charge in [-0.25, -0.2) is 4.39 Å². The zero-order valence-electron chi connectivity index (χ0n) is 19.6. The molecule has 2 heterocycles. The van der Waals surface area contributed by atoms with E-state index >= 15 is 0 Å². The van der Waals surface area contributed by atoms with Crippen LogP contribution in [0.5, 0.6) is 28.7 Å². The molecule has 6 rings (SSSR count). The van der Waals surface area contributed by atoms with Crippen LogP contribution in [-0.4, -0.2) is 38.7 Å². The first-order chi connectivity index (χ1) is 17.5. The van der Waals surface area contributed by atoms with Crippen LogP contribution in [0.3, 0.4) is 0 Å². The number of halogens is 1. The molecule has 0 bridgehead atoms.